The normalized spacial score (nSPS) is 34.7. The van der Waals surface area contributed by atoms with Gasteiger partial charge < -0.3 is 19.7 Å². The number of carbonyl (C=O) groups excluding carboxylic acids is 1. The quantitative estimate of drug-likeness (QED) is 0.666. The van der Waals surface area contributed by atoms with Gasteiger partial charge in [-0.3, -0.25) is 4.79 Å². The third-order valence-corrected chi connectivity index (χ3v) is 4.76. The molecular weight excluding hydrogens is 308 g/mol. The number of ether oxygens (including phenoxy) is 2. The first kappa shape index (κ1) is 18.8. The van der Waals surface area contributed by atoms with Crippen LogP contribution in [0.2, 0.25) is 0 Å². The smallest absolute Gasteiger partial charge is 0.191 e. The summed E-state index contributed by atoms with van der Waals surface area (Å²) in [5.41, 5.74) is 0. The Hall–Kier alpha value is -1.53. The average Bonchev–Trinajstić information content (AvgIpc) is 2.60. The Bertz CT molecular complexity index is 514. The molecule has 2 rings (SSSR count). The van der Waals surface area contributed by atoms with Gasteiger partial charge in [0.25, 0.3) is 0 Å². The highest BCUT2D eigenvalue weighted by molar-refractivity contribution is 5.78. The Labute approximate surface area is 143 Å². The SMILES string of the molecule is COC1(O)C=CC=CC1CCC(=O)CCC1C=CC=CC1(O)OC. The molecule has 5 heteroatoms. The van der Waals surface area contributed by atoms with Gasteiger partial charge in [-0.15, -0.1) is 0 Å². The minimum atomic E-state index is -1.35. The minimum absolute atomic E-state index is 0.0952. The first-order valence-corrected chi connectivity index (χ1v) is 8.22. The fraction of sp³-hybridized carbons (Fsp3) is 0.526. The maximum atomic E-state index is 12.2. The van der Waals surface area contributed by atoms with Crippen LogP contribution in [0.5, 0.6) is 0 Å². The molecule has 0 aromatic carbocycles. The molecule has 0 bridgehead atoms. The molecule has 132 valence electrons. The molecule has 0 spiro atoms. The van der Waals surface area contributed by atoms with Crippen molar-refractivity contribution in [1.82, 2.24) is 0 Å². The fourth-order valence-corrected chi connectivity index (χ4v) is 3.11. The predicted octanol–water partition coefficient (Wildman–Crippen LogP) is 2.27. The lowest BCUT2D eigenvalue weighted by molar-refractivity contribution is -0.175. The van der Waals surface area contributed by atoms with E-state index in [0.717, 1.165) is 0 Å². The van der Waals surface area contributed by atoms with Gasteiger partial charge in [0.15, 0.2) is 11.6 Å². The van der Waals surface area contributed by atoms with Crippen LogP contribution in [0.25, 0.3) is 0 Å². The number of methoxy groups -OCH3 is 2. The van der Waals surface area contributed by atoms with E-state index < -0.39 is 11.6 Å². The van der Waals surface area contributed by atoms with Crippen molar-refractivity contribution in [2.45, 2.75) is 37.3 Å². The lowest BCUT2D eigenvalue weighted by Gasteiger charge is -2.32. The molecule has 5 nitrogen and oxygen atoms in total. The van der Waals surface area contributed by atoms with Crippen LogP contribution in [-0.2, 0) is 14.3 Å². The Kier molecular flexibility index (Phi) is 6.29. The molecule has 4 atom stereocenters. The summed E-state index contributed by atoms with van der Waals surface area (Å²) in [5.74, 6) is -3.09. The van der Waals surface area contributed by atoms with Crippen LogP contribution in [0, 0.1) is 11.8 Å². The second-order valence-electron chi connectivity index (χ2n) is 6.23. The molecule has 0 aliphatic heterocycles. The van der Waals surface area contributed by atoms with E-state index in [1.54, 1.807) is 24.3 Å². The van der Waals surface area contributed by atoms with E-state index in [9.17, 15) is 15.0 Å². The highest BCUT2D eigenvalue weighted by atomic mass is 16.6. The molecule has 0 saturated carbocycles. The largest absolute Gasteiger partial charge is 0.362 e. The zero-order valence-electron chi connectivity index (χ0n) is 14.2. The Morgan fingerprint density at radius 3 is 1.67 bits per heavy atom. The number of hydrogen-bond acceptors (Lipinski definition) is 5. The topological polar surface area (TPSA) is 76.0 Å². The number of carbonyl (C=O) groups is 1. The summed E-state index contributed by atoms with van der Waals surface area (Å²) < 4.78 is 10.3. The van der Waals surface area contributed by atoms with Crippen molar-refractivity contribution in [1.29, 1.82) is 0 Å². The highest BCUT2D eigenvalue weighted by Gasteiger charge is 2.35. The molecule has 0 amide bonds. The predicted molar refractivity (Wildman–Crippen MR) is 90.9 cm³/mol. The number of aliphatic hydroxyl groups is 2. The molecule has 0 saturated heterocycles. The average molecular weight is 334 g/mol. The Morgan fingerprint density at radius 1 is 0.875 bits per heavy atom. The van der Waals surface area contributed by atoms with E-state index >= 15 is 0 Å². The van der Waals surface area contributed by atoms with Crippen LogP contribution in [0.1, 0.15) is 25.7 Å². The molecule has 0 aromatic heterocycles. The first-order valence-electron chi connectivity index (χ1n) is 8.22. The molecule has 0 heterocycles. The van der Waals surface area contributed by atoms with Gasteiger partial charge in [0.05, 0.1) is 0 Å². The Balaban J connectivity index is 1.82. The molecule has 0 fully saturated rings. The number of ketones is 1. The number of Topliss-reactive ketones (excluding diaryl/α,β-unsaturated/α-hetero) is 1. The van der Waals surface area contributed by atoms with Gasteiger partial charge in [-0.25, -0.2) is 0 Å². The molecule has 4 unspecified atom stereocenters. The van der Waals surface area contributed by atoms with Gasteiger partial charge in [-0.1, -0.05) is 36.5 Å². The van der Waals surface area contributed by atoms with Crippen LogP contribution in [0.4, 0.5) is 0 Å². The zero-order chi connectivity index (χ0) is 17.6. The van der Waals surface area contributed by atoms with E-state index in [2.05, 4.69) is 0 Å². The number of rotatable bonds is 8. The summed E-state index contributed by atoms with van der Waals surface area (Å²) in [5, 5.41) is 20.7. The third-order valence-electron chi connectivity index (χ3n) is 4.76. The van der Waals surface area contributed by atoms with Crippen LogP contribution >= 0.6 is 0 Å². The van der Waals surface area contributed by atoms with E-state index in [-0.39, 0.29) is 17.6 Å². The molecule has 2 aliphatic carbocycles. The van der Waals surface area contributed by atoms with Crippen molar-refractivity contribution < 1.29 is 24.5 Å². The fourth-order valence-electron chi connectivity index (χ4n) is 3.11. The van der Waals surface area contributed by atoms with Crippen molar-refractivity contribution in [3.8, 4) is 0 Å². The lowest BCUT2D eigenvalue weighted by Crippen LogP contribution is -2.38. The molecule has 2 aliphatic rings. The highest BCUT2D eigenvalue weighted by Crippen LogP contribution is 2.31. The second kappa shape index (κ2) is 8.03. The van der Waals surface area contributed by atoms with E-state index in [1.165, 1.54) is 14.2 Å². The summed E-state index contributed by atoms with van der Waals surface area (Å²) in [6, 6.07) is 0. The summed E-state index contributed by atoms with van der Waals surface area (Å²) in [6.07, 6.45) is 15.8. The van der Waals surface area contributed by atoms with Crippen molar-refractivity contribution in [2.24, 2.45) is 11.8 Å². The standard InChI is InChI=1S/C19H26O5/c1-23-18(21)13-5-3-7-15(18)9-11-17(20)12-10-16-8-4-6-14-19(16,22)24-2/h3-8,13-16,21-22H,9-12H2,1-2H3. The Morgan fingerprint density at radius 2 is 1.29 bits per heavy atom. The molecule has 24 heavy (non-hydrogen) atoms. The lowest BCUT2D eigenvalue weighted by atomic mass is 9.86. The number of hydrogen-bond donors (Lipinski definition) is 2. The number of allylic oxidation sites excluding steroid dienone is 4. The summed E-state index contributed by atoms with van der Waals surface area (Å²) in [4.78, 5) is 12.2. The minimum Gasteiger partial charge on any atom is -0.362 e. The van der Waals surface area contributed by atoms with E-state index in [1.807, 2.05) is 24.3 Å². The van der Waals surface area contributed by atoms with Gasteiger partial charge in [0, 0.05) is 38.9 Å². The first-order chi connectivity index (χ1) is 11.4. The zero-order valence-corrected chi connectivity index (χ0v) is 14.2. The maximum absolute atomic E-state index is 12.2. The van der Waals surface area contributed by atoms with Gasteiger partial charge in [-0.2, -0.15) is 0 Å². The van der Waals surface area contributed by atoms with E-state index in [4.69, 9.17) is 9.47 Å². The second-order valence-corrected chi connectivity index (χ2v) is 6.23. The van der Waals surface area contributed by atoms with Crippen LogP contribution in [0.15, 0.2) is 48.6 Å². The van der Waals surface area contributed by atoms with Crippen LogP contribution in [0.3, 0.4) is 0 Å². The molecular formula is C19H26O5. The molecule has 0 radical (unpaired) electrons. The van der Waals surface area contributed by atoms with Gasteiger partial charge in [0.1, 0.15) is 5.78 Å². The van der Waals surface area contributed by atoms with Gasteiger partial charge in [-0.05, 0) is 25.0 Å². The van der Waals surface area contributed by atoms with Crippen molar-refractivity contribution in [3.63, 3.8) is 0 Å². The molecule has 2 N–H and O–H groups in total. The van der Waals surface area contributed by atoms with Crippen molar-refractivity contribution in [3.05, 3.63) is 48.6 Å². The van der Waals surface area contributed by atoms with E-state index in [0.29, 0.717) is 25.7 Å². The summed E-state index contributed by atoms with van der Waals surface area (Å²) in [6.45, 7) is 0. The van der Waals surface area contributed by atoms with Crippen LogP contribution < -0.4 is 0 Å². The molecule has 0 aromatic rings. The summed E-state index contributed by atoms with van der Waals surface area (Å²) >= 11 is 0. The van der Waals surface area contributed by atoms with Crippen LogP contribution in [-0.4, -0.2) is 41.8 Å². The third kappa shape index (κ3) is 4.30. The monoisotopic (exact) mass is 334 g/mol. The van der Waals surface area contributed by atoms with Gasteiger partial charge in [0.2, 0.25) is 0 Å². The van der Waals surface area contributed by atoms with Gasteiger partial charge >= 0.3 is 0 Å². The van der Waals surface area contributed by atoms with Crippen molar-refractivity contribution in [2.75, 3.05) is 14.2 Å². The van der Waals surface area contributed by atoms with Crippen molar-refractivity contribution >= 4 is 5.78 Å². The maximum Gasteiger partial charge on any atom is 0.191 e. The summed E-state index contributed by atoms with van der Waals surface area (Å²) in [7, 11) is 2.90.